The van der Waals surface area contributed by atoms with Gasteiger partial charge in [-0.15, -0.1) is 11.3 Å². The molecule has 9 heteroatoms. The summed E-state index contributed by atoms with van der Waals surface area (Å²) in [6, 6.07) is 7.99. The number of halogens is 1. The normalized spacial score (nSPS) is 10.8. The van der Waals surface area contributed by atoms with Gasteiger partial charge in [-0.25, -0.2) is 19.3 Å². The standard InChI is InChI=1S/C20H20ClN3O4S/c1-4-27-20(26)18-22-15(11-29-18)10-28-19(25)16-13(3)23-24(17(16)21)9-14-7-5-12(2)6-8-14/h5-8,11H,4,9-10H2,1-3H3. The number of hydrogen-bond acceptors (Lipinski definition) is 7. The highest BCUT2D eigenvalue weighted by molar-refractivity contribution is 7.11. The van der Waals surface area contributed by atoms with Crippen molar-refractivity contribution in [2.75, 3.05) is 6.61 Å². The van der Waals surface area contributed by atoms with Crippen molar-refractivity contribution in [1.29, 1.82) is 0 Å². The maximum absolute atomic E-state index is 12.5. The number of aryl methyl sites for hydroxylation is 2. The third-order valence-electron chi connectivity index (χ3n) is 4.08. The molecule has 1 aromatic carbocycles. The summed E-state index contributed by atoms with van der Waals surface area (Å²) < 4.78 is 11.8. The number of hydrogen-bond donors (Lipinski definition) is 0. The second-order valence-corrected chi connectivity index (χ2v) is 7.55. The Balaban J connectivity index is 1.67. The average molecular weight is 434 g/mol. The van der Waals surface area contributed by atoms with Crippen LogP contribution < -0.4 is 0 Å². The van der Waals surface area contributed by atoms with E-state index in [1.54, 1.807) is 23.9 Å². The number of rotatable bonds is 7. The molecule has 0 aliphatic rings. The molecule has 152 valence electrons. The Kier molecular flexibility index (Phi) is 6.66. The third kappa shape index (κ3) is 5.02. The lowest BCUT2D eigenvalue weighted by atomic mass is 10.1. The zero-order valence-corrected chi connectivity index (χ0v) is 17.8. The molecular weight excluding hydrogens is 414 g/mol. The summed E-state index contributed by atoms with van der Waals surface area (Å²) in [7, 11) is 0. The van der Waals surface area contributed by atoms with Gasteiger partial charge >= 0.3 is 11.9 Å². The minimum atomic E-state index is -0.589. The van der Waals surface area contributed by atoms with Crippen LogP contribution in [0.15, 0.2) is 29.6 Å². The molecule has 0 fully saturated rings. The fourth-order valence-corrected chi connectivity index (χ4v) is 3.63. The van der Waals surface area contributed by atoms with E-state index in [1.165, 1.54) is 0 Å². The molecule has 3 rings (SSSR count). The van der Waals surface area contributed by atoms with Crippen molar-refractivity contribution < 1.29 is 19.1 Å². The van der Waals surface area contributed by atoms with Crippen molar-refractivity contribution in [2.24, 2.45) is 0 Å². The van der Waals surface area contributed by atoms with Gasteiger partial charge in [-0.2, -0.15) is 5.10 Å². The smallest absolute Gasteiger partial charge is 0.367 e. The van der Waals surface area contributed by atoms with Crippen molar-refractivity contribution in [3.8, 4) is 0 Å². The second-order valence-electron chi connectivity index (χ2n) is 6.34. The number of nitrogens with zero attached hydrogens (tertiary/aromatic N) is 3. The Morgan fingerprint density at radius 2 is 1.86 bits per heavy atom. The minimum absolute atomic E-state index is 0.0757. The molecule has 3 aromatic rings. The Morgan fingerprint density at radius 3 is 2.55 bits per heavy atom. The Bertz CT molecular complexity index is 1030. The molecule has 0 radical (unpaired) electrons. The van der Waals surface area contributed by atoms with Gasteiger partial charge in [0.1, 0.15) is 17.3 Å². The van der Waals surface area contributed by atoms with Crippen LogP contribution in [0.3, 0.4) is 0 Å². The first-order valence-electron chi connectivity index (χ1n) is 8.96. The van der Waals surface area contributed by atoms with E-state index in [0.717, 1.165) is 22.5 Å². The molecule has 0 unspecified atom stereocenters. The van der Waals surface area contributed by atoms with Crippen molar-refractivity contribution in [2.45, 2.75) is 33.9 Å². The van der Waals surface area contributed by atoms with Crippen LogP contribution in [0, 0.1) is 13.8 Å². The van der Waals surface area contributed by atoms with E-state index in [1.807, 2.05) is 31.2 Å². The van der Waals surface area contributed by atoms with E-state index in [-0.39, 0.29) is 28.9 Å². The summed E-state index contributed by atoms with van der Waals surface area (Å²) in [6.07, 6.45) is 0. The van der Waals surface area contributed by atoms with Gasteiger partial charge in [-0.05, 0) is 26.3 Å². The summed E-state index contributed by atoms with van der Waals surface area (Å²) in [5.41, 5.74) is 3.35. The topological polar surface area (TPSA) is 83.3 Å². The van der Waals surface area contributed by atoms with Gasteiger partial charge in [0.05, 0.1) is 24.5 Å². The molecule has 0 saturated heterocycles. The van der Waals surface area contributed by atoms with Crippen LogP contribution in [0.25, 0.3) is 0 Å². The highest BCUT2D eigenvalue weighted by Gasteiger charge is 2.22. The monoisotopic (exact) mass is 433 g/mol. The molecule has 7 nitrogen and oxygen atoms in total. The van der Waals surface area contributed by atoms with Crippen LogP contribution in [0.1, 0.15) is 49.6 Å². The fraction of sp³-hybridized carbons (Fsp3) is 0.300. The molecule has 0 N–H and O–H groups in total. The molecule has 2 heterocycles. The third-order valence-corrected chi connectivity index (χ3v) is 5.33. The first-order chi connectivity index (χ1) is 13.9. The van der Waals surface area contributed by atoms with Crippen molar-refractivity contribution >= 4 is 34.9 Å². The average Bonchev–Trinajstić information content (AvgIpc) is 3.27. The van der Waals surface area contributed by atoms with E-state index >= 15 is 0 Å². The number of ether oxygens (including phenoxy) is 2. The molecule has 0 atom stereocenters. The Morgan fingerprint density at radius 1 is 1.14 bits per heavy atom. The van der Waals surface area contributed by atoms with E-state index in [4.69, 9.17) is 21.1 Å². The van der Waals surface area contributed by atoms with Crippen LogP contribution in [-0.4, -0.2) is 33.3 Å². The predicted octanol–water partition coefficient (Wildman–Crippen LogP) is 4.19. The van der Waals surface area contributed by atoms with Gasteiger partial charge in [0.2, 0.25) is 5.01 Å². The summed E-state index contributed by atoms with van der Waals surface area (Å²) >= 11 is 7.53. The second kappa shape index (κ2) is 9.19. The van der Waals surface area contributed by atoms with Gasteiger partial charge in [0, 0.05) is 5.38 Å². The zero-order valence-electron chi connectivity index (χ0n) is 16.3. The summed E-state index contributed by atoms with van der Waals surface area (Å²) in [5, 5.41) is 6.45. The number of carbonyl (C=O) groups excluding carboxylic acids is 2. The summed E-state index contributed by atoms with van der Waals surface area (Å²) in [6.45, 7) is 6.08. The van der Waals surface area contributed by atoms with Crippen LogP contribution in [0.2, 0.25) is 5.15 Å². The fourth-order valence-electron chi connectivity index (χ4n) is 2.63. The molecule has 2 aromatic heterocycles. The molecule has 0 spiro atoms. The highest BCUT2D eigenvalue weighted by Crippen LogP contribution is 2.23. The van der Waals surface area contributed by atoms with Gasteiger partial charge in [0.25, 0.3) is 0 Å². The summed E-state index contributed by atoms with van der Waals surface area (Å²) in [4.78, 5) is 28.3. The van der Waals surface area contributed by atoms with E-state index in [2.05, 4.69) is 10.1 Å². The van der Waals surface area contributed by atoms with Gasteiger partial charge < -0.3 is 9.47 Å². The van der Waals surface area contributed by atoms with E-state index < -0.39 is 11.9 Å². The number of aromatic nitrogens is 3. The molecule has 0 amide bonds. The molecule has 0 saturated carbocycles. The molecular formula is C20H20ClN3O4S. The highest BCUT2D eigenvalue weighted by atomic mass is 35.5. The molecule has 29 heavy (non-hydrogen) atoms. The van der Waals surface area contributed by atoms with Crippen LogP contribution in [0.5, 0.6) is 0 Å². The number of esters is 2. The van der Waals surface area contributed by atoms with Gasteiger partial charge in [0.15, 0.2) is 0 Å². The first-order valence-corrected chi connectivity index (χ1v) is 10.2. The maximum Gasteiger partial charge on any atom is 0.367 e. The SMILES string of the molecule is CCOC(=O)c1nc(COC(=O)c2c(C)nn(Cc3ccc(C)cc3)c2Cl)cs1. The van der Waals surface area contributed by atoms with Crippen molar-refractivity contribution in [3.05, 3.63) is 67.9 Å². The lowest BCUT2D eigenvalue weighted by Gasteiger charge is -2.05. The number of thiazole rings is 1. The molecule has 0 aliphatic carbocycles. The number of benzene rings is 1. The van der Waals surface area contributed by atoms with Crippen LogP contribution in [0.4, 0.5) is 0 Å². The molecule has 0 bridgehead atoms. The first kappa shape index (κ1) is 21.0. The lowest BCUT2D eigenvalue weighted by Crippen LogP contribution is -2.08. The molecule has 0 aliphatic heterocycles. The predicted molar refractivity (Wildman–Crippen MR) is 109 cm³/mol. The Hall–Kier alpha value is -2.71. The van der Waals surface area contributed by atoms with Crippen LogP contribution >= 0.6 is 22.9 Å². The van der Waals surface area contributed by atoms with Crippen LogP contribution in [-0.2, 0) is 22.6 Å². The van der Waals surface area contributed by atoms with Crippen molar-refractivity contribution in [1.82, 2.24) is 14.8 Å². The lowest BCUT2D eigenvalue weighted by molar-refractivity contribution is 0.0467. The van der Waals surface area contributed by atoms with Crippen molar-refractivity contribution in [3.63, 3.8) is 0 Å². The largest absolute Gasteiger partial charge is 0.461 e. The zero-order chi connectivity index (χ0) is 21.0. The Labute approximate surface area is 177 Å². The summed E-state index contributed by atoms with van der Waals surface area (Å²) in [5.74, 6) is -1.08. The maximum atomic E-state index is 12.5. The van der Waals surface area contributed by atoms with E-state index in [9.17, 15) is 9.59 Å². The minimum Gasteiger partial charge on any atom is -0.461 e. The number of carbonyl (C=O) groups is 2. The van der Waals surface area contributed by atoms with Gasteiger partial charge in [-0.1, -0.05) is 41.4 Å². The van der Waals surface area contributed by atoms with Gasteiger partial charge in [-0.3, -0.25) is 0 Å². The van der Waals surface area contributed by atoms with E-state index in [0.29, 0.717) is 17.9 Å². The quantitative estimate of drug-likeness (QED) is 0.519.